The fourth-order valence-corrected chi connectivity index (χ4v) is 4.90. The molecule has 0 aliphatic carbocycles. The van der Waals surface area contributed by atoms with Crippen molar-refractivity contribution in [3.05, 3.63) is 136 Å². The quantitative estimate of drug-likeness (QED) is 0.155. The molecule has 260 valence electrons. The summed E-state index contributed by atoms with van der Waals surface area (Å²) in [6, 6.07) is 13.8. The van der Waals surface area contributed by atoms with Gasteiger partial charge in [-0.1, -0.05) is 36.4 Å². The molecule has 0 fully saturated rings. The molecule has 0 heterocycles. The van der Waals surface area contributed by atoms with Gasteiger partial charge in [-0.05, 0) is 59.2 Å². The first-order chi connectivity index (χ1) is 22.9. The first kappa shape index (κ1) is 36.6. The number of benzene rings is 4. The predicted molar refractivity (Wildman–Crippen MR) is 153 cm³/mol. The lowest BCUT2D eigenvalue weighted by atomic mass is 9.77. The van der Waals surface area contributed by atoms with Crippen molar-refractivity contribution in [3.63, 3.8) is 0 Å². The lowest BCUT2D eigenvalue weighted by Crippen LogP contribution is -2.49. The number of carbonyl (C=O) groups excluding carboxylic acids is 2. The maximum absolute atomic E-state index is 15.2. The summed E-state index contributed by atoms with van der Waals surface area (Å²) in [7, 11) is 1.03. The van der Waals surface area contributed by atoms with Crippen molar-refractivity contribution < 1.29 is 63.0 Å². The lowest BCUT2D eigenvalue weighted by Gasteiger charge is -2.37. The highest BCUT2D eigenvalue weighted by molar-refractivity contribution is 5.95. The number of hydrogen-bond acceptors (Lipinski definition) is 4. The minimum atomic E-state index is -5.23. The molecule has 0 bridgehead atoms. The van der Waals surface area contributed by atoms with E-state index in [-0.39, 0.29) is 17.2 Å². The van der Waals surface area contributed by atoms with E-state index in [0.717, 1.165) is 25.3 Å². The van der Waals surface area contributed by atoms with E-state index in [1.165, 1.54) is 24.3 Å². The molecule has 0 saturated heterocycles. The number of nitrogens with one attached hydrogen (secondary N) is 2. The third kappa shape index (κ3) is 8.61. The van der Waals surface area contributed by atoms with Gasteiger partial charge >= 0.3 is 24.8 Å². The summed E-state index contributed by atoms with van der Waals surface area (Å²) in [5.41, 5.74) is -5.34. The molecule has 16 heteroatoms. The molecule has 0 saturated carbocycles. The lowest BCUT2D eigenvalue weighted by molar-refractivity contribution is -0.253. The SMILES string of the molecule is COC(=O)NCc1cc(C(Cc2ccccc2)(NC(=O)c2ccc(F)c(C(F)(F)F)c2)c2cc(F)cc(OC(F)(F)C(F)F)c2)ccc1F. The monoisotopic (exact) mass is 702 g/mol. The number of alkyl halides is 7. The summed E-state index contributed by atoms with van der Waals surface area (Å²) < 4.78 is 147. The van der Waals surface area contributed by atoms with Gasteiger partial charge in [0.1, 0.15) is 23.2 Å². The standard InChI is InChI=1S/C33H24F10N2O4/c1-48-30(47)44-17-20-11-21(8-10-26(20)35)31(16-18-5-3-2-4-6-18,22-13-23(34)15-24(14-22)49-33(42,43)29(37)38)45-28(46)19-7-9-27(36)25(12-19)32(39,40)41/h2-15,29H,16-17H2,1H3,(H,44,47)(H,45,46). The van der Waals surface area contributed by atoms with Crippen LogP contribution >= 0.6 is 0 Å². The fourth-order valence-electron chi connectivity index (χ4n) is 4.90. The maximum Gasteiger partial charge on any atom is 0.461 e. The zero-order chi connectivity index (χ0) is 36.1. The van der Waals surface area contributed by atoms with Gasteiger partial charge in [0.25, 0.3) is 5.91 Å². The van der Waals surface area contributed by atoms with Gasteiger partial charge in [-0.3, -0.25) is 4.79 Å². The molecule has 6 nitrogen and oxygen atoms in total. The van der Waals surface area contributed by atoms with Crippen LogP contribution in [0.3, 0.4) is 0 Å². The number of carbonyl (C=O) groups is 2. The van der Waals surface area contributed by atoms with Crippen LogP contribution in [0.2, 0.25) is 0 Å². The van der Waals surface area contributed by atoms with Crippen LogP contribution in [0.15, 0.2) is 84.9 Å². The molecule has 0 aromatic heterocycles. The fraction of sp³-hybridized carbons (Fsp3) is 0.212. The van der Waals surface area contributed by atoms with Gasteiger partial charge in [0.15, 0.2) is 0 Å². The zero-order valence-corrected chi connectivity index (χ0v) is 25.0. The zero-order valence-electron chi connectivity index (χ0n) is 25.0. The Kier molecular flexibility index (Phi) is 10.8. The van der Waals surface area contributed by atoms with Crippen LogP contribution in [0, 0.1) is 17.5 Å². The number of methoxy groups -OCH3 is 1. The highest BCUT2D eigenvalue weighted by atomic mass is 19.4. The average Bonchev–Trinajstić information content (AvgIpc) is 3.03. The third-order valence-corrected chi connectivity index (χ3v) is 7.19. The van der Waals surface area contributed by atoms with E-state index in [0.29, 0.717) is 35.9 Å². The van der Waals surface area contributed by atoms with Crippen LogP contribution in [-0.4, -0.2) is 31.6 Å². The normalized spacial score (nSPS) is 13.1. The van der Waals surface area contributed by atoms with Gasteiger partial charge < -0.3 is 20.1 Å². The van der Waals surface area contributed by atoms with Crippen molar-refractivity contribution in [2.75, 3.05) is 7.11 Å². The number of amides is 2. The third-order valence-electron chi connectivity index (χ3n) is 7.19. The van der Waals surface area contributed by atoms with Crippen LogP contribution in [0.5, 0.6) is 5.75 Å². The molecule has 0 aliphatic heterocycles. The summed E-state index contributed by atoms with van der Waals surface area (Å²) in [6.07, 6.45) is -16.1. The van der Waals surface area contributed by atoms with Gasteiger partial charge in [0.2, 0.25) is 0 Å². The average molecular weight is 703 g/mol. The second-order valence-corrected chi connectivity index (χ2v) is 10.5. The molecule has 1 atom stereocenters. The Hall–Kier alpha value is -5.28. The van der Waals surface area contributed by atoms with Crippen LogP contribution in [-0.2, 0) is 29.4 Å². The Labute approximate surface area is 271 Å². The van der Waals surface area contributed by atoms with Crippen molar-refractivity contribution in [1.29, 1.82) is 0 Å². The number of halogens is 10. The first-order valence-electron chi connectivity index (χ1n) is 13.9. The molecular formula is C33H24F10N2O4. The molecule has 4 aromatic rings. The number of alkyl carbamates (subject to hydrolysis) is 1. The molecule has 1 unspecified atom stereocenters. The molecule has 0 radical (unpaired) electrons. The minimum absolute atomic E-state index is 0.150. The summed E-state index contributed by atoms with van der Waals surface area (Å²) in [4.78, 5) is 25.5. The van der Waals surface area contributed by atoms with E-state index in [4.69, 9.17) is 0 Å². The Balaban J connectivity index is 2.01. The van der Waals surface area contributed by atoms with Crippen molar-refractivity contribution in [2.45, 2.75) is 37.2 Å². The van der Waals surface area contributed by atoms with Gasteiger partial charge in [-0.2, -0.15) is 30.7 Å². The highest BCUT2D eigenvalue weighted by Gasteiger charge is 2.45. The number of rotatable bonds is 11. The Morgan fingerprint density at radius 3 is 2.10 bits per heavy atom. The predicted octanol–water partition coefficient (Wildman–Crippen LogP) is 8.13. The largest absolute Gasteiger partial charge is 0.461 e. The van der Waals surface area contributed by atoms with Crippen molar-refractivity contribution in [3.8, 4) is 5.75 Å². The maximum atomic E-state index is 15.2. The molecule has 2 N–H and O–H groups in total. The Morgan fingerprint density at radius 2 is 1.47 bits per heavy atom. The van der Waals surface area contributed by atoms with Crippen molar-refractivity contribution in [1.82, 2.24) is 10.6 Å². The second kappa shape index (κ2) is 14.5. The van der Waals surface area contributed by atoms with E-state index in [1.54, 1.807) is 6.07 Å². The summed E-state index contributed by atoms with van der Waals surface area (Å²) >= 11 is 0. The number of ether oxygens (including phenoxy) is 2. The first-order valence-corrected chi connectivity index (χ1v) is 13.9. The second-order valence-electron chi connectivity index (χ2n) is 10.5. The molecule has 0 aliphatic rings. The molecular weight excluding hydrogens is 678 g/mol. The molecule has 0 spiro atoms. The molecule has 49 heavy (non-hydrogen) atoms. The summed E-state index contributed by atoms with van der Waals surface area (Å²) in [6.45, 7) is -0.521. The van der Waals surface area contributed by atoms with Crippen LogP contribution in [0.25, 0.3) is 0 Å². The highest BCUT2D eigenvalue weighted by Crippen LogP contribution is 2.39. The van der Waals surface area contributed by atoms with E-state index < -0.39 is 89.1 Å². The van der Waals surface area contributed by atoms with Gasteiger partial charge in [0, 0.05) is 30.2 Å². The Morgan fingerprint density at radius 1 is 0.796 bits per heavy atom. The van der Waals surface area contributed by atoms with Crippen molar-refractivity contribution >= 4 is 12.0 Å². The van der Waals surface area contributed by atoms with E-state index in [1.807, 2.05) is 0 Å². The topological polar surface area (TPSA) is 76.7 Å². The van der Waals surface area contributed by atoms with Crippen molar-refractivity contribution in [2.24, 2.45) is 0 Å². The molecule has 4 aromatic carbocycles. The van der Waals surface area contributed by atoms with Crippen LogP contribution in [0.1, 0.15) is 38.2 Å². The van der Waals surface area contributed by atoms with Crippen LogP contribution < -0.4 is 15.4 Å². The molecule has 4 rings (SSSR count). The Bertz CT molecular complexity index is 1820. The molecule has 2 amide bonds. The minimum Gasteiger partial charge on any atom is -0.453 e. The van der Waals surface area contributed by atoms with E-state index in [2.05, 4.69) is 20.1 Å². The number of hydrogen-bond donors (Lipinski definition) is 2. The smallest absolute Gasteiger partial charge is 0.453 e. The van der Waals surface area contributed by atoms with Gasteiger partial charge in [-0.15, -0.1) is 0 Å². The van der Waals surface area contributed by atoms with E-state index >= 15 is 4.39 Å². The summed E-state index contributed by atoms with van der Waals surface area (Å²) in [5, 5.41) is 4.71. The van der Waals surface area contributed by atoms with E-state index in [9.17, 15) is 49.1 Å². The van der Waals surface area contributed by atoms with Gasteiger partial charge in [0.05, 0.1) is 18.2 Å². The van der Waals surface area contributed by atoms with Crippen LogP contribution in [0.4, 0.5) is 48.7 Å². The summed E-state index contributed by atoms with van der Waals surface area (Å²) in [5.74, 6) is -6.41. The van der Waals surface area contributed by atoms with Gasteiger partial charge in [-0.25, -0.2) is 18.0 Å².